The quantitative estimate of drug-likeness (QED) is 0.777. The highest BCUT2D eigenvalue weighted by molar-refractivity contribution is 5.83. The van der Waals surface area contributed by atoms with Crippen LogP contribution >= 0.6 is 0 Å². The van der Waals surface area contributed by atoms with Gasteiger partial charge >= 0.3 is 0 Å². The summed E-state index contributed by atoms with van der Waals surface area (Å²) in [5, 5.41) is 0. The molecular formula is C20H25N3O. The number of hydrogen-bond acceptors (Lipinski definition) is 4. The SMILES string of the molecule is COc1ccc(N=Cc2ccc3c(c2)[C@H](C)CC(C)(C)N3C)cn1. The molecule has 0 spiro atoms. The van der Waals surface area contributed by atoms with Crippen molar-refractivity contribution in [3.8, 4) is 5.88 Å². The summed E-state index contributed by atoms with van der Waals surface area (Å²) in [6.45, 7) is 6.92. The van der Waals surface area contributed by atoms with Crippen LogP contribution in [0.15, 0.2) is 41.5 Å². The van der Waals surface area contributed by atoms with E-state index >= 15 is 0 Å². The molecule has 126 valence electrons. The fraction of sp³-hybridized carbons (Fsp3) is 0.400. The van der Waals surface area contributed by atoms with Crippen LogP contribution in [-0.2, 0) is 0 Å². The van der Waals surface area contributed by atoms with Gasteiger partial charge in [-0.15, -0.1) is 0 Å². The maximum atomic E-state index is 5.07. The van der Waals surface area contributed by atoms with Crippen LogP contribution in [0.4, 0.5) is 11.4 Å². The van der Waals surface area contributed by atoms with E-state index in [9.17, 15) is 0 Å². The highest BCUT2D eigenvalue weighted by Gasteiger charge is 2.33. The number of fused-ring (bicyclic) bond motifs is 1. The summed E-state index contributed by atoms with van der Waals surface area (Å²) in [5.41, 5.74) is 4.84. The van der Waals surface area contributed by atoms with Crippen molar-refractivity contribution in [3.05, 3.63) is 47.7 Å². The molecule has 1 aromatic carbocycles. The summed E-state index contributed by atoms with van der Waals surface area (Å²) in [6.07, 6.45) is 4.77. The van der Waals surface area contributed by atoms with Gasteiger partial charge in [-0.2, -0.15) is 0 Å². The standard InChI is InChI=1S/C20H25N3O/c1-14-11-20(2,3)23(4)18-8-6-15(10-17(14)18)12-21-16-7-9-19(24-5)22-13-16/h6-10,12-14H,11H2,1-5H3/t14-/m1/s1. The van der Waals surface area contributed by atoms with E-state index in [4.69, 9.17) is 4.74 Å². The number of nitrogens with zero attached hydrogens (tertiary/aromatic N) is 3. The predicted octanol–water partition coefficient (Wildman–Crippen LogP) is 4.56. The molecule has 1 aliphatic rings. The summed E-state index contributed by atoms with van der Waals surface area (Å²) in [4.78, 5) is 11.1. The average molecular weight is 323 g/mol. The normalized spacial score (nSPS) is 19.4. The van der Waals surface area contributed by atoms with Gasteiger partial charge in [0.2, 0.25) is 5.88 Å². The van der Waals surface area contributed by atoms with Crippen LogP contribution in [-0.4, -0.2) is 30.9 Å². The third-order valence-corrected chi connectivity index (χ3v) is 4.95. The number of anilines is 1. The Labute approximate surface area is 144 Å². The Bertz CT molecular complexity index is 750. The number of ether oxygens (including phenoxy) is 1. The van der Waals surface area contributed by atoms with Crippen molar-refractivity contribution in [2.24, 2.45) is 4.99 Å². The van der Waals surface area contributed by atoms with Crippen LogP contribution in [0.5, 0.6) is 5.88 Å². The van der Waals surface area contributed by atoms with Gasteiger partial charge in [0.15, 0.2) is 0 Å². The molecule has 1 atom stereocenters. The molecule has 2 aromatic rings. The Hall–Kier alpha value is -2.36. The molecule has 4 heteroatoms. The van der Waals surface area contributed by atoms with Crippen LogP contribution < -0.4 is 9.64 Å². The first kappa shape index (κ1) is 16.5. The third-order valence-electron chi connectivity index (χ3n) is 4.95. The number of benzene rings is 1. The van der Waals surface area contributed by atoms with Gasteiger partial charge in [-0.25, -0.2) is 4.98 Å². The topological polar surface area (TPSA) is 37.7 Å². The monoisotopic (exact) mass is 323 g/mol. The van der Waals surface area contributed by atoms with Gasteiger partial charge in [-0.3, -0.25) is 4.99 Å². The number of methoxy groups -OCH3 is 1. The third kappa shape index (κ3) is 3.14. The van der Waals surface area contributed by atoms with Crippen molar-refractivity contribution in [2.45, 2.75) is 38.6 Å². The maximum absolute atomic E-state index is 5.07. The fourth-order valence-electron chi connectivity index (χ4n) is 3.39. The number of aromatic nitrogens is 1. The molecule has 0 fully saturated rings. The van der Waals surface area contributed by atoms with Crippen molar-refractivity contribution >= 4 is 17.6 Å². The van der Waals surface area contributed by atoms with Gasteiger partial charge in [0, 0.05) is 30.6 Å². The van der Waals surface area contributed by atoms with E-state index in [2.05, 4.69) is 60.9 Å². The molecule has 0 aliphatic carbocycles. The zero-order chi connectivity index (χ0) is 17.3. The Morgan fingerprint density at radius 1 is 1.29 bits per heavy atom. The van der Waals surface area contributed by atoms with Crippen molar-refractivity contribution < 1.29 is 4.74 Å². The van der Waals surface area contributed by atoms with E-state index in [1.54, 1.807) is 13.3 Å². The summed E-state index contributed by atoms with van der Waals surface area (Å²) >= 11 is 0. The Morgan fingerprint density at radius 2 is 2.08 bits per heavy atom. The molecule has 2 heterocycles. The first-order chi connectivity index (χ1) is 11.4. The van der Waals surface area contributed by atoms with E-state index in [-0.39, 0.29) is 5.54 Å². The van der Waals surface area contributed by atoms with Crippen LogP contribution in [0.25, 0.3) is 0 Å². The van der Waals surface area contributed by atoms with Gasteiger partial charge in [0.1, 0.15) is 0 Å². The predicted molar refractivity (Wildman–Crippen MR) is 100.0 cm³/mol. The molecule has 1 aliphatic heterocycles. The number of aliphatic imine (C=N–C) groups is 1. The van der Waals surface area contributed by atoms with Crippen molar-refractivity contribution in [1.29, 1.82) is 0 Å². The average Bonchev–Trinajstić information content (AvgIpc) is 2.58. The molecule has 0 saturated carbocycles. The molecular weight excluding hydrogens is 298 g/mol. The Balaban J connectivity index is 1.86. The van der Waals surface area contributed by atoms with Gasteiger partial charge in [0.05, 0.1) is 19.0 Å². The van der Waals surface area contributed by atoms with E-state index in [1.165, 1.54) is 11.3 Å². The lowest BCUT2D eigenvalue weighted by Crippen LogP contribution is -2.45. The number of pyridine rings is 1. The number of hydrogen-bond donors (Lipinski definition) is 0. The van der Waals surface area contributed by atoms with Gasteiger partial charge < -0.3 is 9.64 Å². The lowest BCUT2D eigenvalue weighted by atomic mass is 9.80. The van der Waals surface area contributed by atoms with Gasteiger partial charge in [-0.1, -0.05) is 13.0 Å². The zero-order valence-corrected chi connectivity index (χ0v) is 15.1. The first-order valence-corrected chi connectivity index (χ1v) is 8.32. The second-order valence-electron chi connectivity index (χ2n) is 7.11. The number of rotatable bonds is 3. The molecule has 3 rings (SSSR count). The van der Waals surface area contributed by atoms with E-state index in [1.807, 2.05) is 18.3 Å². The molecule has 0 N–H and O–H groups in total. The summed E-state index contributed by atoms with van der Waals surface area (Å²) < 4.78 is 5.07. The molecule has 0 bridgehead atoms. The van der Waals surface area contributed by atoms with Gasteiger partial charge in [-0.05, 0) is 55.5 Å². The van der Waals surface area contributed by atoms with E-state index in [0.29, 0.717) is 11.8 Å². The maximum Gasteiger partial charge on any atom is 0.213 e. The minimum Gasteiger partial charge on any atom is -0.481 e. The zero-order valence-electron chi connectivity index (χ0n) is 15.1. The molecule has 0 radical (unpaired) electrons. The lowest BCUT2D eigenvalue weighted by Gasteiger charge is -2.45. The highest BCUT2D eigenvalue weighted by atomic mass is 16.5. The summed E-state index contributed by atoms with van der Waals surface area (Å²) in [6, 6.07) is 10.3. The molecule has 0 saturated heterocycles. The van der Waals surface area contributed by atoms with E-state index in [0.717, 1.165) is 17.7 Å². The first-order valence-electron chi connectivity index (χ1n) is 8.32. The summed E-state index contributed by atoms with van der Waals surface area (Å²) in [7, 11) is 3.79. The largest absolute Gasteiger partial charge is 0.481 e. The second-order valence-corrected chi connectivity index (χ2v) is 7.11. The Morgan fingerprint density at radius 3 is 2.75 bits per heavy atom. The minimum absolute atomic E-state index is 0.191. The van der Waals surface area contributed by atoms with Gasteiger partial charge in [0.25, 0.3) is 0 Å². The van der Waals surface area contributed by atoms with E-state index < -0.39 is 0 Å². The molecule has 24 heavy (non-hydrogen) atoms. The van der Waals surface area contributed by atoms with Crippen LogP contribution in [0.3, 0.4) is 0 Å². The molecule has 0 unspecified atom stereocenters. The minimum atomic E-state index is 0.191. The Kier molecular flexibility index (Phi) is 4.31. The van der Waals surface area contributed by atoms with Crippen LogP contribution in [0.1, 0.15) is 44.2 Å². The molecule has 4 nitrogen and oxygen atoms in total. The second kappa shape index (κ2) is 6.27. The smallest absolute Gasteiger partial charge is 0.213 e. The van der Waals surface area contributed by atoms with Crippen molar-refractivity contribution in [3.63, 3.8) is 0 Å². The molecule has 1 aromatic heterocycles. The lowest BCUT2D eigenvalue weighted by molar-refractivity contribution is 0.395. The van der Waals surface area contributed by atoms with Crippen LogP contribution in [0.2, 0.25) is 0 Å². The van der Waals surface area contributed by atoms with Crippen LogP contribution in [0, 0.1) is 0 Å². The summed E-state index contributed by atoms with van der Waals surface area (Å²) in [5.74, 6) is 1.14. The highest BCUT2D eigenvalue weighted by Crippen LogP contribution is 2.42. The molecule has 0 amide bonds. The van der Waals surface area contributed by atoms with Crippen molar-refractivity contribution in [2.75, 3.05) is 19.1 Å². The van der Waals surface area contributed by atoms with Crippen molar-refractivity contribution in [1.82, 2.24) is 4.98 Å². The fourth-order valence-corrected chi connectivity index (χ4v) is 3.39.